The lowest BCUT2D eigenvalue weighted by Gasteiger charge is -2.38. The molecule has 1 fully saturated rings. The smallest absolute Gasteiger partial charge is 0.0955 e. The van der Waals surface area contributed by atoms with Gasteiger partial charge in [-0.25, -0.2) is 0 Å². The van der Waals surface area contributed by atoms with Crippen LogP contribution in [0.4, 0.5) is 0 Å². The van der Waals surface area contributed by atoms with Crippen LogP contribution in [0.1, 0.15) is 35.5 Å². The van der Waals surface area contributed by atoms with Crippen LogP contribution in [0.15, 0.2) is 36.7 Å². The Labute approximate surface area is 132 Å². The maximum atomic E-state index is 6.07. The van der Waals surface area contributed by atoms with Gasteiger partial charge in [0.2, 0.25) is 0 Å². The molecule has 1 aliphatic rings. The summed E-state index contributed by atoms with van der Waals surface area (Å²) in [7, 11) is 0. The highest BCUT2D eigenvalue weighted by Crippen LogP contribution is 2.27. The Bertz CT molecular complexity index is 626. The molecule has 1 aliphatic heterocycles. The van der Waals surface area contributed by atoms with E-state index in [0.29, 0.717) is 6.04 Å². The molecule has 0 bridgehead atoms. The van der Waals surface area contributed by atoms with Crippen LogP contribution in [0.3, 0.4) is 0 Å². The van der Waals surface area contributed by atoms with Gasteiger partial charge in [-0.2, -0.15) is 0 Å². The maximum absolute atomic E-state index is 6.07. The molecule has 0 spiro atoms. The molecule has 2 aromatic rings. The third-order valence-electron chi connectivity index (χ3n) is 4.30. The van der Waals surface area contributed by atoms with Gasteiger partial charge < -0.3 is 4.74 Å². The summed E-state index contributed by atoms with van der Waals surface area (Å²) in [6.45, 7) is 8.77. The lowest BCUT2D eigenvalue weighted by atomic mass is 10.0. The molecule has 4 nitrogen and oxygen atoms in total. The highest BCUT2D eigenvalue weighted by molar-refractivity contribution is 5.28. The first-order chi connectivity index (χ1) is 10.6. The van der Waals surface area contributed by atoms with E-state index in [1.165, 1.54) is 11.1 Å². The molecule has 4 heteroatoms. The minimum Gasteiger partial charge on any atom is -0.371 e. The highest BCUT2D eigenvalue weighted by Gasteiger charge is 2.28. The van der Waals surface area contributed by atoms with Gasteiger partial charge in [0.1, 0.15) is 0 Å². The van der Waals surface area contributed by atoms with Crippen molar-refractivity contribution in [3.8, 4) is 0 Å². The quantitative estimate of drug-likeness (QED) is 0.873. The van der Waals surface area contributed by atoms with E-state index in [9.17, 15) is 0 Å². The third kappa shape index (κ3) is 3.34. The van der Waals surface area contributed by atoms with Crippen molar-refractivity contribution in [2.24, 2.45) is 0 Å². The minimum absolute atomic E-state index is 0.135. The van der Waals surface area contributed by atoms with Crippen molar-refractivity contribution in [2.45, 2.75) is 39.5 Å². The van der Waals surface area contributed by atoms with Gasteiger partial charge in [-0.05, 0) is 31.9 Å². The first-order valence-corrected chi connectivity index (χ1v) is 7.82. The number of morpholine rings is 1. The predicted molar refractivity (Wildman–Crippen MR) is 86.5 cm³/mol. The summed E-state index contributed by atoms with van der Waals surface area (Å²) in [6.07, 6.45) is 3.84. The molecule has 0 radical (unpaired) electrons. The summed E-state index contributed by atoms with van der Waals surface area (Å²) >= 11 is 0. The fraction of sp³-hybridized carbons (Fsp3) is 0.444. The van der Waals surface area contributed by atoms with Crippen molar-refractivity contribution in [2.75, 3.05) is 13.2 Å². The monoisotopic (exact) mass is 297 g/mol. The van der Waals surface area contributed by atoms with Crippen molar-refractivity contribution < 1.29 is 4.74 Å². The number of ether oxygens (including phenoxy) is 1. The summed E-state index contributed by atoms with van der Waals surface area (Å²) in [5, 5.41) is 0. The largest absolute Gasteiger partial charge is 0.371 e. The Morgan fingerprint density at radius 3 is 2.73 bits per heavy atom. The van der Waals surface area contributed by atoms with Gasteiger partial charge in [-0.3, -0.25) is 14.9 Å². The average Bonchev–Trinajstić information content (AvgIpc) is 2.52. The van der Waals surface area contributed by atoms with Crippen molar-refractivity contribution in [1.29, 1.82) is 0 Å². The molecule has 1 aromatic carbocycles. The van der Waals surface area contributed by atoms with Crippen LogP contribution in [0.25, 0.3) is 0 Å². The number of hydrogen-bond donors (Lipinski definition) is 0. The second-order valence-electron chi connectivity index (χ2n) is 6.11. The second-order valence-corrected chi connectivity index (χ2v) is 6.11. The molecule has 0 amide bonds. The van der Waals surface area contributed by atoms with Gasteiger partial charge >= 0.3 is 0 Å². The van der Waals surface area contributed by atoms with Crippen LogP contribution < -0.4 is 0 Å². The summed E-state index contributed by atoms with van der Waals surface area (Å²) in [6, 6.07) is 8.86. The molecule has 0 N–H and O–H groups in total. The Kier molecular flexibility index (Phi) is 4.50. The number of rotatable bonds is 3. The van der Waals surface area contributed by atoms with E-state index in [-0.39, 0.29) is 6.10 Å². The summed E-state index contributed by atoms with van der Waals surface area (Å²) in [4.78, 5) is 11.2. The van der Waals surface area contributed by atoms with Crippen molar-refractivity contribution >= 4 is 0 Å². The Morgan fingerprint density at radius 1 is 1.18 bits per heavy atom. The fourth-order valence-corrected chi connectivity index (χ4v) is 2.87. The molecule has 2 atom stereocenters. The van der Waals surface area contributed by atoms with Crippen molar-refractivity contribution in [3.63, 3.8) is 0 Å². The number of nitrogens with zero attached hydrogens (tertiary/aromatic N) is 3. The summed E-state index contributed by atoms with van der Waals surface area (Å²) < 4.78 is 6.07. The highest BCUT2D eigenvalue weighted by atomic mass is 16.5. The first-order valence-electron chi connectivity index (χ1n) is 7.82. The molecular weight excluding hydrogens is 274 g/mol. The molecule has 3 rings (SSSR count). The van der Waals surface area contributed by atoms with Gasteiger partial charge in [0.15, 0.2) is 0 Å². The average molecular weight is 297 g/mol. The minimum atomic E-state index is 0.135. The Hall–Kier alpha value is -1.78. The van der Waals surface area contributed by atoms with Crippen LogP contribution in [0, 0.1) is 13.8 Å². The van der Waals surface area contributed by atoms with E-state index in [1.54, 1.807) is 0 Å². The SMILES string of the molecule is Cc1cnc(CN2C[C@@H](c3ccccc3C)OC[C@@H]2C)cn1. The van der Waals surface area contributed by atoms with Crippen LogP contribution in [-0.2, 0) is 11.3 Å². The fourth-order valence-electron chi connectivity index (χ4n) is 2.87. The van der Waals surface area contributed by atoms with Gasteiger partial charge in [0.05, 0.1) is 24.1 Å². The van der Waals surface area contributed by atoms with Crippen LogP contribution >= 0.6 is 0 Å². The van der Waals surface area contributed by atoms with E-state index < -0.39 is 0 Å². The van der Waals surface area contributed by atoms with Gasteiger partial charge in [-0.1, -0.05) is 24.3 Å². The normalized spacial score (nSPS) is 22.7. The first kappa shape index (κ1) is 15.1. The standard InChI is InChI=1S/C18H23N3O/c1-13-6-4-5-7-17(13)18-11-21(15(3)12-22-18)10-16-9-19-14(2)8-20-16/h4-9,15,18H,10-12H2,1-3H3/t15-,18-/m0/s1. The maximum Gasteiger partial charge on any atom is 0.0955 e. The molecule has 1 saturated heterocycles. The Balaban J connectivity index is 1.74. The molecule has 2 heterocycles. The van der Waals surface area contributed by atoms with Crippen LogP contribution in [0.5, 0.6) is 0 Å². The van der Waals surface area contributed by atoms with Crippen LogP contribution in [-0.4, -0.2) is 34.1 Å². The third-order valence-corrected chi connectivity index (χ3v) is 4.30. The molecule has 0 aliphatic carbocycles. The molecule has 1 aromatic heterocycles. The zero-order valence-corrected chi connectivity index (χ0v) is 13.5. The van der Waals surface area contributed by atoms with Crippen molar-refractivity contribution in [1.82, 2.24) is 14.9 Å². The summed E-state index contributed by atoms with van der Waals surface area (Å²) in [5.41, 5.74) is 4.55. The van der Waals surface area contributed by atoms with Crippen LogP contribution in [0.2, 0.25) is 0 Å². The van der Waals surface area contributed by atoms with E-state index >= 15 is 0 Å². The van der Waals surface area contributed by atoms with E-state index in [1.807, 2.05) is 19.3 Å². The second kappa shape index (κ2) is 6.55. The van der Waals surface area contributed by atoms with Gasteiger partial charge in [0.25, 0.3) is 0 Å². The van der Waals surface area contributed by atoms with E-state index in [4.69, 9.17) is 4.74 Å². The number of hydrogen-bond acceptors (Lipinski definition) is 4. The molecule has 116 valence electrons. The van der Waals surface area contributed by atoms with Crippen molar-refractivity contribution in [3.05, 3.63) is 59.2 Å². The topological polar surface area (TPSA) is 38.2 Å². The predicted octanol–water partition coefficient (Wildman–Crippen LogP) is 3.06. The molecule has 22 heavy (non-hydrogen) atoms. The summed E-state index contributed by atoms with van der Waals surface area (Å²) in [5.74, 6) is 0. The van der Waals surface area contributed by atoms with Gasteiger partial charge in [0, 0.05) is 31.5 Å². The van der Waals surface area contributed by atoms with E-state index in [2.05, 4.69) is 53.0 Å². The lowest BCUT2D eigenvalue weighted by molar-refractivity contribution is -0.0639. The Morgan fingerprint density at radius 2 is 2.00 bits per heavy atom. The lowest BCUT2D eigenvalue weighted by Crippen LogP contribution is -2.44. The molecule has 0 saturated carbocycles. The zero-order valence-electron chi connectivity index (χ0n) is 13.5. The zero-order chi connectivity index (χ0) is 15.5. The number of benzene rings is 1. The number of aromatic nitrogens is 2. The molecule has 0 unspecified atom stereocenters. The van der Waals surface area contributed by atoms with Gasteiger partial charge in [-0.15, -0.1) is 0 Å². The molecular formula is C18H23N3O. The van der Waals surface area contributed by atoms with E-state index in [0.717, 1.165) is 31.1 Å². The number of aryl methyl sites for hydroxylation is 2.